The minimum absolute atomic E-state index is 0.0604. The molecule has 0 aliphatic rings. The zero-order valence-corrected chi connectivity index (χ0v) is 19.7. The van der Waals surface area contributed by atoms with Crippen molar-refractivity contribution in [2.45, 2.75) is 24.3 Å². The number of Topliss-reactive ketones (excluding diaryl/α,β-unsaturated/α-hetero) is 1. The number of hydrogen-bond acceptors (Lipinski definition) is 7. The van der Waals surface area contributed by atoms with Crippen molar-refractivity contribution in [3.05, 3.63) is 78.6 Å². The van der Waals surface area contributed by atoms with Crippen LogP contribution in [0.4, 0.5) is 5.69 Å². The normalized spacial score (nSPS) is 11.6. The first kappa shape index (κ1) is 23.2. The van der Waals surface area contributed by atoms with Gasteiger partial charge < -0.3 is 10.1 Å². The predicted octanol–water partition coefficient (Wildman–Crippen LogP) is 4.66. The number of methoxy groups -OCH3 is 1. The minimum atomic E-state index is -0.479. The van der Waals surface area contributed by atoms with Gasteiger partial charge in [0.05, 0.1) is 12.4 Å². The number of nitrogens with zero attached hydrogens (tertiary/aromatic N) is 4. The van der Waals surface area contributed by atoms with E-state index in [0.717, 1.165) is 17.0 Å². The number of ether oxygens (including phenoxy) is 1. The molecule has 0 aliphatic heterocycles. The molecule has 0 spiro atoms. The minimum Gasteiger partial charge on any atom is -0.497 e. The number of ketones is 1. The highest BCUT2D eigenvalue weighted by Crippen LogP contribution is 2.31. The van der Waals surface area contributed by atoms with Gasteiger partial charge in [-0.15, -0.1) is 10.2 Å². The van der Waals surface area contributed by atoms with Crippen LogP contribution >= 0.6 is 11.8 Å². The van der Waals surface area contributed by atoms with Crippen LogP contribution in [0.15, 0.2) is 78.2 Å². The summed E-state index contributed by atoms with van der Waals surface area (Å²) in [7, 11) is 1.61. The number of nitrogens with one attached hydrogen (secondary N) is 1. The summed E-state index contributed by atoms with van der Waals surface area (Å²) in [6.07, 6.45) is 3.39. The fourth-order valence-electron chi connectivity index (χ4n) is 3.27. The maximum atomic E-state index is 12.9. The standard InChI is InChI=1S/C25H23N5O3S/c1-16(31)19-5-4-6-20(15-19)27-24(32)17(2)34-25-29-28-23(18-11-13-26-14-12-18)30(25)21-7-9-22(33-3)10-8-21/h4-15,17H,1-3H3,(H,27,32). The van der Waals surface area contributed by atoms with E-state index in [1.807, 2.05) is 41.0 Å². The van der Waals surface area contributed by atoms with E-state index in [-0.39, 0.29) is 11.7 Å². The van der Waals surface area contributed by atoms with Crippen LogP contribution in [0.1, 0.15) is 24.2 Å². The second-order valence-electron chi connectivity index (χ2n) is 7.46. The molecule has 4 aromatic rings. The SMILES string of the molecule is COc1ccc(-n2c(SC(C)C(=O)Nc3cccc(C(C)=O)c3)nnc2-c2ccncc2)cc1. The van der Waals surface area contributed by atoms with Gasteiger partial charge in [0.1, 0.15) is 5.75 Å². The molecule has 34 heavy (non-hydrogen) atoms. The Bertz CT molecular complexity index is 1310. The summed E-state index contributed by atoms with van der Waals surface area (Å²) in [6, 6.07) is 18.1. The Balaban J connectivity index is 1.62. The number of anilines is 1. The first-order chi connectivity index (χ1) is 16.5. The van der Waals surface area contributed by atoms with Gasteiger partial charge in [0.15, 0.2) is 16.8 Å². The summed E-state index contributed by atoms with van der Waals surface area (Å²) in [4.78, 5) is 28.6. The molecule has 1 N–H and O–H groups in total. The van der Waals surface area contributed by atoms with Crippen molar-refractivity contribution < 1.29 is 14.3 Å². The number of carbonyl (C=O) groups is 2. The molecule has 8 nitrogen and oxygen atoms in total. The quantitative estimate of drug-likeness (QED) is 0.293. The second kappa shape index (κ2) is 10.3. The van der Waals surface area contributed by atoms with Crippen molar-refractivity contribution in [1.29, 1.82) is 0 Å². The van der Waals surface area contributed by atoms with E-state index in [1.165, 1.54) is 18.7 Å². The van der Waals surface area contributed by atoms with E-state index < -0.39 is 5.25 Å². The van der Waals surface area contributed by atoms with Crippen molar-refractivity contribution >= 4 is 29.1 Å². The maximum absolute atomic E-state index is 12.9. The van der Waals surface area contributed by atoms with Gasteiger partial charge in [-0.1, -0.05) is 23.9 Å². The molecule has 172 valence electrons. The molecule has 2 heterocycles. The average Bonchev–Trinajstić information content (AvgIpc) is 3.28. The summed E-state index contributed by atoms with van der Waals surface area (Å²) >= 11 is 1.29. The lowest BCUT2D eigenvalue weighted by Gasteiger charge is -2.14. The van der Waals surface area contributed by atoms with Crippen LogP contribution in [0, 0.1) is 0 Å². The number of carbonyl (C=O) groups excluding carboxylic acids is 2. The first-order valence-electron chi connectivity index (χ1n) is 10.5. The molecular formula is C25H23N5O3S. The molecule has 1 unspecified atom stereocenters. The van der Waals surface area contributed by atoms with Gasteiger partial charge in [0, 0.05) is 34.9 Å². The number of hydrogen-bond donors (Lipinski definition) is 1. The molecule has 0 fully saturated rings. The number of amides is 1. The van der Waals surface area contributed by atoms with Gasteiger partial charge in [-0.3, -0.25) is 19.1 Å². The van der Waals surface area contributed by atoms with Gasteiger partial charge in [0.25, 0.3) is 0 Å². The highest BCUT2D eigenvalue weighted by Gasteiger charge is 2.22. The van der Waals surface area contributed by atoms with Crippen LogP contribution in [0.5, 0.6) is 5.75 Å². The predicted molar refractivity (Wildman–Crippen MR) is 132 cm³/mol. The van der Waals surface area contributed by atoms with Gasteiger partial charge in [-0.05, 0) is 62.4 Å². The maximum Gasteiger partial charge on any atom is 0.237 e. The topological polar surface area (TPSA) is 99.0 Å². The number of aromatic nitrogens is 4. The summed E-state index contributed by atoms with van der Waals surface area (Å²) in [5.41, 5.74) is 2.80. The first-order valence-corrected chi connectivity index (χ1v) is 11.4. The fourth-order valence-corrected chi connectivity index (χ4v) is 4.14. The van der Waals surface area contributed by atoms with E-state index in [4.69, 9.17) is 4.74 Å². The van der Waals surface area contributed by atoms with Crippen molar-refractivity contribution in [3.8, 4) is 22.8 Å². The molecule has 0 radical (unpaired) electrons. The van der Waals surface area contributed by atoms with Crippen LogP contribution in [-0.4, -0.2) is 43.8 Å². The van der Waals surface area contributed by atoms with E-state index in [9.17, 15) is 9.59 Å². The molecule has 2 aromatic heterocycles. The van der Waals surface area contributed by atoms with Crippen molar-refractivity contribution in [2.75, 3.05) is 12.4 Å². The third kappa shape index (κ3) is 5.15. The molecule has 4 rings (SSSR count). The highest BCUT2D eigenvalue weighted by molar-refractivity contribution is 8.00. The van der Waals surface area contributed by atoms with E-state index in [0.29, 0.717) is 22.2 Å². The number of pyridine rings is 1. The smallest absolute Gasteiger partial charge is 0.237 e. The van der Waals surface area contributed by atoms with Crippen LogP contribution in [-0.2, 0) is 4.79 Å². The lowest BCUT2D eigenvalue weighted by Crippen LogP contribution is -2.23. The van der Waals surface area contributed by atoms with Gasteiger partial charge >= 0.3 is 0 Å². The summed E-state index contributed by atoms with van der Waals surface area (Å²) in [5, 5.41) is 11.7. The highest BCUT2D eigenvalue weighted by atomic mass is 32.2. The summed E-state index contributed by atoms with van der Waals surface area (Å²) < 4.78 is 7.18. The summed E-state index contributed by atoms with van der Waals surface area (Å²) in [5.74, 6) is 1.10. The third-order valence-corrected chi connectivity index (χ3v) is 6.13. The Kier molecular flexibility index (Phi) is 7.03. The van der Waals surface area contributed by atoms with Crippen molar-refractivity contribution in [3.63, 3.8) is 0 Å². The van der Waals surface area contributed by atoms with E-state index in [1.54, 1.807) is 50.7 Å². The average molecular weight is 474 g/mol. The van der Waals surface area contributed by atoms with Crippen LogP contribution in [0.25, 0.3) is 17.1 Å². The molecule has 0 saturated heterocycles. The largest absolute Gasteiger partial charge is 0.497 e. The lowest BCUT2D eigenvalue weighted by molar-refractivity contribution is -0.115. The van der Waals surface area contributed by atoms with Crippen LogP contribution in [0.3, 0.4) is 0 Å². The molecule has 0 aliphatic carbocycles. The molecule has 1 atom stereocenters. The molecule has 1 amide bonds. The number of benzene rings is 2. The Labute approximate surface area is 201 Å². The number of thioether (sulfide) groups is 1. The Morgan fingerprint density at radius 2 is 1.76 bits per heavy atom. The molecule has 9 heteroatoms. The van der Waals surface area contributed by atoms with Crippen LogP contribution < -0.4 is 10.1 Å². The van der Waals surface area contributed by atoms with Crippen LogP contribution in [0.2, 0.25) is 0 Å². The van der Waals surface area contributed by atoms with Gasteiger partial charge in [-0.2, -0.15) is 0 Å². The number of rotatable bonds is 8. The van der Waals surface area contributed by atoms with Gasteiger partial charge in [0.2, 0.25) is 5.91 Å². The lowest BCUT2D eigenvalue weighted by atomic mass is 10.1. The Morgan fingerprint density at radius 3 is 2.44 bits per heavy atom. The zero-order chi connectivity index (χ0) is 24.1. The monoisotopic (exact) mass is 473 g/mol. The molecule has 0 bridgehead atoms. The van der Waals surface area contributed by atoms with Crippen molar-refractivity contribution in [2.24, 2.45) is 0 Å². The molecular weight excluding hydrogens is 450 g/mol. The van der Waals surface area contributed by atoms with E-state index in [2.05, 4.69) is 20.5 Å². The molecule has 0 saturated carbocycles. The second-order valence-corrected chi connectivity index (χ2v) is 8.77. The molecule has 2 aromatic carbocycles. The Hall–Kier alpha value is -3.98. The van der Waals surface area contributed by atoms with Crippen molar-refractivity contribution in [1.82, 2.24) is 19.7 Å². The Morgan fingerprint density at radius 1 is 1.03 bits per heavy atom. The van der Waals surface area contributed by atoms with E-state index >= 15 is 0 Å². The summed E-state index contributed by atoms with van der Waals surface area (Å²) in [6.45, 7) is 3.29. The van der Waals surface area contributed by atoms with Gasteiger partial charge in [-0.25, -0.2) is 0 Å². The third-order valence-electron chi connectivity index (χ3n) is 5.09. The zero-order valence-electron chi connectivity index (χ0n) is 18.9. The fraction of sp³-hybridized carbons (Fsp3) is 0.160.